The van der Waals surface area contributed by atoms with E-state index in [1.807, 2.05) is 6.07 Å². The second kappa shape index (κ2) is 4.19. The van der Waals surface area contributed by atoms with E-state index in [4.69, 9.17) is 16.0 Å². The van der Waals surface area contributed by atoms with Crippen molar-refractivity contribution in [2.75, 3.05) is 0 Å². The first-order valence-electron chi connectivity index (χ1n) is 4.87. The molecule has 1 heterocycles. The normalized spacial score (nSPS) is 15.7. The predicted molar refractivity (Wildman–Crippen MR) is 56.3 cm³/mol. The lowest BCUT2D eigenvalue weighted by Gasteiger charge is -2.26. The van der Waals surface area contributed by atoms with Crippen LogP contribution in [0, 0.1) is 0 Å². The molecule has 1 aromatic rings. The van der Waals surface area contributed by atoms with Crippen molar-refractivity contribution in [1.82, 2.24) is 0 Å². The molecule has 0 bridgehead atoms. The molecule has 0 N–H and O–H groups in total. The van der Waals surface area contributed by atoms with Gasteiger partial charge >= 0.3 is 0 Å². The molecule has 1 unspecified atom stereocenters. The summed E-state index contributed by atoms with van der Waals surface area (Å²) >= 11 is 5.97. The van der Waals surface area contributed by atoms with Crippen molar-refractivity contribution in [1.29, 1.82) is 0 Å². The number of hydrogen-bond acceptors (Lipinski definition) is 1. The van der Waals surface area contributed by atoms with Crippen molar-refractivity contribution >= 4 is 11.6 Å². The van der Waals surface area contributed by atoms with E-state index >= 15 is 0 Å². The fourth-order valence-corrected chi connectivity index (χ4v) is 2.13. The van der Waals surface area contributed by atoms with Crippen LogP contribution in [0.2, 0.25) is 5.22 Å². The maximum Gasteiger partial charge on any atom is 0.196 e. The van der Waals surface area contributed by atoms with Gasteiger partial charge in [0.05, 0.1) is 6.26 Å². The van der Waals surface area contributed by atoms with Gasteiger partial charge < -0.3 is 4.42 Å². The van der Waals surface area contributed by atoms with Crippen molar-refractivity contribution in [2.24, 2.45) is 0 Å². The zero-order valence-electron chi connectivity index (χ0n) is 8.56. The van der Waals surface area contributed by atoms with E-state index in [1.165, 1.54) is 6.42 Å². The summed E-state index contributed by atoms with van der Waals surface area (Å²) in [6, 6.07) is 1.99. The van der Waals surface area contributed by atoms with Crippen LogP contribution in [-0.4, -0.2) is 0 Å². The molecule has 0 fully saturated rings. The SMILES string of the molecule is CCCC(C)(CC)c1ccoc1Cl. The summed E-state index contributed by atoms with van der Waals surface area (Å²) in [5.74, 6) is 0. The first kappa shape index (κ1) is 10.6. The monoisotopic (exact) mass is 200 g/mol. The van der Waals surface area contributed by atoms with Crippen LogP contribution in [0.4, 0.5) is 0 Å². The van der Waals surface area contributed by atoms with Crippen LogP contribution in [0.15, 0.2) is 16.7 Å². The first-order valence-corrected chi connectivity index (χ1v) is 5.25. The number of hydrogen-bond donors (Lipinski definition) is 0. The number of furan rings is 1. The summed E-state index contributed by atoms with van der Waals surface area (Å²) in [6.45, 7) is 6.63. The second-order valence-corrected chi connectivity index (χ2v) is 4.12. The molecule has 1 aromatic heterocycles. The average Bonchev–Trinajstić information content (AvgIpc) is 2.52. The first-order chi connectivity index (χ1) is 6.14. The van der Waals surface area contributed by atoms with E-state index in [9.17, 15) is 0 Å². The Morgan fingerprint density at radius 3 is 2.54 bits per heavy atom. The third-order valence-corrected chi connectivity index (χ3v) is 3.14. The van der Waals surface area contributed by atoms with Crippen LogP contribution < -0.4 is 0 Å². The van der Waals surface area contributed by atoms with Gasteiger partial charge in [-0.3, -0.25) is 0 Å². The summed E-state index contributed by atoms with van der Waals surface area (Å²) in [5.41, 5.74) is 1.33. The van der Waals surface area contributed by atoms with Gasteiger partial charge in [0.1, 0.15) is 0 Å². The van der Waals surface area contributed by atoms with E-state index in [-0.39, 0.29) is 5.41 Å². The molecule has 0 aromatic carbocycles. The molecule has 0 aliphatic rings. The Balaban J connectivity index is 2.95. The van der Waals surface area contributed by atoms with E-state index < -0.39 is 0 Å². The molecule has 1 rings (SSSR count). The van der Waals surface area contributed by atoms with Crippen LogP contribution in [0.25, 0.3) is 0 Å². The Labute approximate surface area is 85.1 Å². The predicted octanol–water partition coefficient (Wildman–Crippen LogP) is 4.40. The van der Waals surface area contributed by atoms with Gasteiger partial charge in [0.2, 0.25) is 0 Å². The van der Waals surface area contributed by atoms with Gasteiger partial charge in [-0.05, 0) is 35.9 Å². The van der Waals surface area contributed by atoms with Crippen LogP contribution in [-0.2, 0) is 5.41 Å². The molecular formula is C11H17ClO. The Hall–Kier alpha value is -0.430. The minimum absolute atomic E-state index is 0.179. The Kier molecular flexibility index (Phi) is 3.43. The van der Waals surface area contributed by atoms with Crippen molar-refractivity contribution in [3.63, 3.8) is 0 Å². The Morgan fingerprint density at radius 2 is 2.15 bits per heavy atom. The minimum Gasteiger partial charge on any atom is -0.453 e. The van der Waals surface area contributed by atoms with Gasteiger partial charge in [0.15, 0.2) is 5.22 Å². The average molecular weight is 201 g/mol. The largest absolute Gasteiger partial charge is 0.453 e. The molecule has 1 atom stereocenters. The summed E-state index contributed by atoms with van der Waals surface area (Å²) in [5, 5.41) is 0.554. The van der Waals surface area contributed by atoms with E-state index in [1.54, 1.807) is 6.26 Å². The molecule has 0 aliphatic heterocycles. The van der Waals surface area contributed by atoms with Gasteiger partial charge in [-0.1, -0.05) is 27.2 Å². The molecule has 0 radical (unpaired) electrons. The summed E-state index contributed by atoms with van der Waals surface area (Å²) in [4.78, 5) is 0. The fourth-order valence-electron chi connectivity index (χ4n) is 1.78. The van der Waals surface area contributed by atoms with Gasteiger partial charge in [0.25, 0.3) is 0 Å². The highest BCUT2D eigenvalue weighted by Gasteiger charge is 2.27. The molecule has 74 valence electrons. The lowest BCUT2D eigenvalue weighted by Crippen LogP contribution is -2.20. The highest BCUT2D eigenvalue weighted by atomic mass is 35.5. The minimum atomic E-state index is 0.179. The second-order valence-electron chi connectivity index (χ2n) is 3.77. The third kappa shape index (κ3) is 2.08. The Bertz CT molecular complexity index is 267. The van der Waals surface area contributed by atoms with E-state index in [0.29, 0.717) is 5.22 Å². The molecule has 2 heteroatoms. The molecule has 0 saturated carbocycles. The standard InChI is InChI=1S/C11H17ClO/c1-4-7-11(3,5-2)9-6-8-13-10(9)12/h6,8H,4-5,7H2,1-3H3. The lowest BCUT2D eigenvalue weighted by atomic mass is 9.78. The van der Waals surface area contributed by atoms with Crippen molar-refractivity contribution in [3.05, 3.63) is 23.1 Å². The summed E-state index contributed by atoms with van der Waals surface area (Å²) < 4.78 is 5.12. The van der Waals surface area contributed by atoms with E-state index in [2.05, 4.69) is 20.8 Å². The van der Waals surface area contributed by atoms with E-state index in [0.717, 1.165) is 18.4 Å². The maximum atomic E-state index is 5.97. The summed E-state index contributed by atoms with van der Waals surface area (Å²) in [7, 11) is 0. The summed E-state index contributed by atoms with van der Waals surface area (Å²) in [6.07, 6.45) is 5.09. The fraction of sp³-hybridized carbons (Fsp3) is 0.636. The number of rotatable bonds is 4. The van der Waals surface area contributed by atoms with Crippen LogP contribution in [0.1, 0.15) is 45.6 Å². The Morgan fingerprint density at radius 1 is 1.46 bits per heavy atom. The molecule has 0 spiro atoms. The molecule has 1 nitrogen and oxygen atoms in total. The third-order valence-electron chi connectivity index (χ3n) is 2.85. The van der Waals surface area contributed by atoms with Gasteiger partial charge in [0, 0.05) is 5.56 Å². The maximum absolute atomic E-state index is 5.97. The van der Waals surface area contributed by atoms with Gasteiger partial charge in [-0.2, -0.15) is 0 Å². The van der Waals surface area contributed by atoms with Crippen molar-refractivity contribution < 1.29 is 4.42 Å². The van der Waals surface area contributed by atoms with Crippen molar-refractivity contribution in [2.45, 2.75) is 45.4 Å². The molecule has 13 heavy (non-hydrogen) atoms. The zero-order valence-corrected chi connectivity index (χ0v) is 9.32. The topological polar surface area (TPSA) is 13.1 Å². The van der Waals surface area contributed by atoms with Crippen molar-refractivity contribution in [3.8, 4) is 0 Å². The van der Waals surface area contributed by atoms with Crippen LogP contribution in [0.3, 0.4) is 0 Å². The highest BCUT2D eigenvalue weighted by Crippen LogP contribution is 2.37. The molecule has 0 aliphatic carbocycles. The van der Waals surface area contributed by atoms with Gasteiger partial charge in [-0.25, -0.2) is 0 Å². The molecular weight excluding hydrogens is 184 g/mol. The highest BCUT2D eigenvalue weighted by molar-refractivity contribution is 6.29. The molecule has 0 amide bonds. The lowest BCUT2D eigenvalue weighted by molar-refractivity contribution is 0.408. The molecule has 0 saturated heterocycles. The number of halogens is 1. The quantitative estimate of drug-likeness (QED) is 0.702. The van der Waals surface area contributed by atoms with Gasteiger partial charge in [-0.15, -0.1) is 0 Å². The smallest absolute Gasteiger partial charge is 0.196 e. The zero-order chi connectivity index (χ0) is 9.90. The van der Waals surface area contributed by atoms with Crippen LogP contribution in [0.5, 0.6) is 0 Å². The van der Waals surface area contributed by atoms with Crippen LogP contribution >= 0.6 is 11.6 Å².